The predicted molar refractivity (Wildman–Crippen MR) is 87.7 cm³/mol. The van der Waals surface area contributed by atoms with E-state index in [4.69, 9.17) is 5.41 Å². The number of fused-ring (bicyclic) bond motifs is 3. The van der Waals surface area contributed by atoms with Crippen LogP contribution >= 0.6 is 0 Å². The van der Waals surface area contributed by atoms with Gasteiger partial charge in [-0.25, -0.2) is 4.98 Å². The molecule has 0 saturated heterocycles. The third-order valence-electron chi connectivity index (χ3n) is 3.94. The van der Waals surface area contributed by atoms with Crippen LogP contribution < -0.4 is 5.49 Å². The topological polar surface area (TPSA) is 81.2 Å². The van der Waals surface area contributed by atoms with Crippen LogP contribution in [-0.2, 0) is 6.54 Å². The van der Waals surface area contributed by atoms with Crippen LogP contribution in [0.1, 0.15) is 11.3 Å². The van der Waals surface area contributed by atoms with Gasteiger partial charge in [0.1, 0.15) is 17.2 Å². The molecular formula is C18H13N5. The van der Waals surface area contributed by atoms with E-state index >= 15 is 0 Å². The van der Waals surface area contributed by atoms with Crippen molar-refractivity contribution in [2.75, 3.05) is 0 Å². The van der Waals surface area contributed by atoms with E-state index < -0.39 is 0 Å². The summed E-state index contributed by atoms with van der Waals surface area (Å²) in [5.41, 5.74) is 3.77. The minimum absolute atomic E-state index is 0.121. The van der Waals surface area contributed by atoms with Crippen molar-refractivity contribution < 1.29 is 0 Å². The van der Waals surface area contributed by atoms with Crippen molar-refractivity contribution >= 4 is 22.1 Å². The minimum atomic E-state index is 0.121. The van der Waals surface area contributed by atoms with Crippen LogP contribution in [0.2, 0.25) is 0 Å². The summed E-state index contributed by atoms with van der Waals surface area (Å²) in [5, 5.41) is 18.6. The highest BCUT2D eigenvalue weighted by Crippen LogP contribution is 2.23. The first-order valence-corrected chi connectivity index (χ1v) is 7.28. The van der Waals surface area contributed by atoms with Gasteiger partial charge in [-0.3, -0.25) is 5.41 Å². The Morgan fingerprint density at radius 2 is 1.83 bits per heavy atom. The molecule has 0 bridgehead atoms. The Hall–Kier alpha value is -3.39. The van der Waals surface area contributed by atoms with Gasteiger partial charge < -0.3 is 9.55 Å². The highest BCUT2D eigenvalue weighted by Gasteiger charge is 2.13. The quantitative estimate of drug-likeness (QED) is 0.596. The lowest BCUT2D eigenvalue weighted by Gasteiger charge is -2.09. The zero-order valence-corrected chi connectivity index (χ0v) is 12.2. The number of nitrogens with zero attached hydrogens (tertiary/aromatic N) is 3. The number of aromatic amines is 1. The molecule has 5 nitrogen and oxygen atoms in total. The Kier molecular flexibility index (Phi) is 2.95. The molecule has 2 heterocycles. The summed E-state index contributed by atoms with van der Waals surface area (Å²) in [6.07, 6.45) is 0. The Balaban J connectivity index is 2.06. The molecule has 2 N–H and O–H groups in total. The average molecular weight is 299 g/mol. The Morgan fingerprint density at radius 3 is 2.61 bits per heavy atom. The van der Waals surface area contributed by atoms with Gasteiger partial charge >= 0.3 is 0 Å². The minimum Gasteiger partial charge on any atom is -0.339 e. The van der Waals surface area contributed by atoms with Crippen molar-refractivity contribution in [3.05, 3.63) is 71.3 Å². The Bertz CT molecular complexity index is 1110. The van der Waals surface area contributed by atoms with E-state index in [1.807, 2.05) is 60.7 Å². The van der Waals surface area contributed by atoms with Gasteiger partial charge in [-0.1, -0.05) is 48.5 Å². The lowest BCUT2D eigenvalue weighted by atomic mass is 10.2. The number of rotatable bonds is 2. The molecule has 0 saturated carbocycles. The molecule has 0 aliphatic rings. The smallest absolute Gasteiger partial charge is 0.183 e. The maximum atomic E-state index is 9.32. The number of hydrogen-bond acceptors (Lipinski definition) is 3. The molecule has 2 aromatic heterocycles. The SMILES string of the molecule is N#Cc1nc2c3ccccc3[nH]c2n(Cc2ccccc2)c1=N. The lowest BCUT2D eigenvalue weighted by molar-refractivity contribution is 0.744. The van der Waals surface area contributed by atoms with Crippen molar-refractivity contribution in [2.45, 2.75) is 6.54 Å². The van der Waals surface area contributed by atoms with Gasteiger partial charge in [0.05, 0.1) is 6.54 Å². The van der Waals surface area contributed by atoms with Crippen molar-refractivity contribution in [1.29, 1.82) is 10.7 Å². The predicted octanol–water partition coefficient (Wildman–Crippen LogP) is 2.92. The second-order valence-corrected chi connectivity index (χ2v) is 5.36. The highest BCUT2D eigenvalue weighted by molar-refractivity contribution is 6.03. The second-order valence-electron chi connectivity index (χ2n) is 5.36. The summed E-state index contributed by atoms with van der Waals surface area (Å²) in [6, 6.07) is 19.8. The number of hydrogen-bond donors (Lipinski definition) is 2. The van der Waals surface area contributed by atoms with E-state index in [1.54, 1.807) is 4.57 Å². The molecule has 4 aromatic rings. The van der Waals surface area contributed by atoms with Crippen molar-refractivity contribution in [2.24, 2.45) is 0 Å². The molecule has 5 heteroatoms. The average Bonchev–Trinajstić information content (AvgIpc) is 2.96. The van der Waals surface area contributed by atoms with E-state index in [0.717, 1.165) is 27.6 Å². The molecule has 0 unspecified atom stereocenters. The van der Waals surface area contributed by atoms with Crippen LogP contribution in [-0.4, -0.2) is 14.5 Å². The normalized spacial score (nSPS) is 10.9. The summed E-state index contributed by atoms with van der Waals surface area (Å²) >= 11 is 0. The van der Waals surface area contributed by atoms with Crippen molar-refractivity contribution in [1.82, 2.24) is 14.5 Å². The number of benzene rings is 2. The Labute approximate surface area is 132 Å². The fraction of sp³-hybridized carbons (Fsp3) is 0.0556. The van der Waals surface area contributed by atoms with Gasteiger partial charge in [0.25, 0.3) is 0 Å². The van der Waals surface area contributed by atoms with E-state index in [2.05, 4.69) is 9.97 Å². The maximum Gasteiger partial charge on any atom is 0.183 e. The first kappa shape index (κ1) is 13.3. The molecule has 0 aliphatic carbocycles. The summed E-state index contributed by atoms with van der Waals surface area (Å²) in [6.45, 7) is 0.514. The number of H-pyrrole nitrogens is 1. The molecule has 0 aliphatic heterocycles. The number of para-hydroxylation sites is 1. The van der Waals surface area contributed by atoms with Gasteiger partial charge in [-0.2, -0.15) is 5.26 Å². The third kappa shape index (κ3) is 2.09. The van der Waals surface area contributed by atoms with Crippen LogP contribution in [0, 0.1) is 16.7 Å². The number of nitrogens with one attached hydrogen (secondary N) is 2. The summed E-state index contributed by atoms with van der Waals surface area (Å²) in [5.74, 6) is 0. The molecule has 0 amide bonds. The van der Waals surface area contributed by atoms with Crippen molar-refractivity contribution in [3.63, 3.8) is 0 Å². The zero-order chi connectivity index (χ0) is 15.8. The highest BCUT2D eigenvalue weighted by atomic mass is 15.1. The fourth-order valence-electron chi connectivity index (χ4n) is 2.83. The fourth-order valence-corrected chi connectivity index (χ4v) is 2.83. The molecule has 0 atom stereocenters. The molecule has 110 valence electrons. The molecule has 4 rings (SSSR count). The third-order valence-corrected chi connectivity index (χ3v) is 3.94. The standard InChI is InChI=1S/C18H13N5/c19-10-15-17(20)23(11-12-6-2-1-3-7-12)18-16(21-15)13-8-4-5-9-14(13)22-18/h1-9,20,22H,11H2. The molecule has 0 spiro atoms. The van der Waals surface area contributed by atoms with E-state index in [9.17, 15) is 5.26 Å². The zero-order valence-electron chi connectivity index (χ0n) is 12.2. The molecule has 23 heavy (non-hydrogen) atoms. The van der Waals surface area contributed by atoms with Crippen LogP contribution in [0.15, 0.2) is 54.6 Å². The summed E-state index contributed by atoms with van der Waals surface area (Å²) in [4.78, 5) is 7.71. The first-order chi connectivity index (χ1) is 11.3. The second kappa shape index (κ2) is 5.11. The van der Waals surface area contributed by atoms with Crippen molar-refractivity contribution in [3.8, 4) is 6.07 Å². The summed E-state index contributed by atoms with van der Waals surface area (Å²) < 4.78 is 1.80. The number of aromatic nitrogens is 3. The molecule has 0 fully saturated rings. The Morgan fingerprint density at radius 1 is 1.09 bits per heavy atom. The first-order valence-electron chi connectivity index (χ1n) is 7.28. The van der Waals surface area contributed by atoms with Gasteiger partial charge in [0.15, 0.2) is 11.2 Å². The van der Waals surface area contributed by atoms with Gasteiger partial charge in [0, 0.05) is 10.9 Å². The number of nitriles is 1. The maximum absolute atomic E-state index is 9.32. The van der Waals surface area contributed by atoms with Gasteiger partial charge in [0.2, 0.25) is 0 Å². The van der Waals surface area contributed by atoms with E-state index in [0.29, 0.717) is 6.54 Å². The van der Waals surface area contributed by atoms with E-state index in [-0.39, 0.29) is 11.2 Å². The van der Waals surface area contributed by atoms with Crippen LogP contribution in [0.3, 0.4) is 0 Å². The van der Waals surface area contributed by atoms with Crippen LogP contribution in [0.4, 0.5) is 0 Å². The summed E-state index contributed by atoms with van der Waals surface area (Å²) in [7, 11) is 0. The molecule has 0 radical (unpaired) electrons. The largest absolute Gasteiger partial charge is 0.339 e. The van der Waals surface area contributed by atoms with Gasteiger partial charge in [-0.05, 0) is 11.6 Å². The van der Waals surface area contributed by atoms with Crippen LogP contribution in [0.5, 0.6) is 0 Å². The lowest BCUT2D eigenvalue weighted by Crippen LogP contribution is -2.25. The molecular weight excluding hydrogens is 286 g/mol. The molecule has 2 aromatic carbocycles. The monoisotopic (exact) mass is 299 g/mol. The van der Waals surface area contributed by atoms with Gasteiger partial charge in [-0.15, -0.1) is 0 Å². The van der Waals surface area contributed by atoms with Crippen LogP contribution in [0.25, 0.3) is 22.1 Å². The van der Waals surface area contributed by atoms with E-state index in [1.165, 1.54) is 0 Å².